The number of carbonyl (C=O) groups excluding carboxylic acids is 1. The maximum atomic E-state index is 12.3. The van der Waals surface area contributed by atoms with Gasteiger partial charge in [0.2, 0.25) is 0 Å². The summed E-state index contributed by atoms with van der Waals surface area (Å²) in [5.41, 5.74) is 6.58. The molecular formula is C24H27N3O. The van der Waals surface area contributed by atoms with Crippen molar-refractivity contribution >= 4 is 17.3 Å². The van der Waals surface area contributed by atoms with E-state index in [1.165, 1.54) is 30.5 Å². The maximum absolute atomic E-state index is 12.3. The number of amides is 1. The van der Waals surface area contributed by atoms with E-state index in [0.29, 0.717) is 6.54 Å². The molecule has 1 saturated carbocycles. The fourth-order valence-electron chi connectivity index (χ4n) is 4.55. The fourth-order valence-corrected chi connectivity index (χ4v) is 4.55. The van der Waals surface area contributed by atoms with E-state index in [9.17, 15) is 4.79 Å². The first kappa shape index (κ1) is 17.5. The van der Waals surface area contributed by atoms with Gasteiger partial charge in [-0.15, -0.1) is 0 Å². The van der Waals surface area contributed by atoms with E-state index in [2.05, 4.69) is 54.8 Å². The topological polar surface area (TPSA) is 54.0 Å². The van der Waals surface area contributed by atoms with Gasteiger partial charge >= 0.3 is 0 Å². The smallest absolute Gasteiger partial charge is 0.251 e. The molecule has 0 saturated heterocycles. The lowest BCUT2D eigenvalue weighted by atomic mass is 9.77. The van der Waals surface area contributed by atoms with Gasteiger partial charge in [-0.25, -0.2) is 4.98 Å². The molecule has 1 amide bonds. The van der Waals surface area contributed by atoms with Gasteiger partial charge in [0.05, 0.1) is 0 Å². The second kappa shape index (κ2) is 6.47. The molecule has 2 aliphatic heterocycles. The molecule has 0 atom stereocenters. The number of rotatable bonds is 3. The number of carbonyl (C=O) groups is 1. The van der Waals surface area contributed by atoms with E-state index >= 15 is 0 Å². The number of fused-ring (bicyclic) bond motifs is 2. The summed E-state index contributed by atoms with van der Waals surface area (Å²) < 4.78 is 0. The van der Waals surface area contributed by atoms with Gasteiger partial charge < -0.3 is 10.6 Å². The summed E-state index contributed by atoms with van der Waals surface area (Å²) in [5, 5.41) is 6.45. The second-order valence-corrected chi connectivity index (χ2v) is 9.03. The van der Waals surface area contributed by atoms with Gasteiger partial charge in [0.25, 0.3) is 5.91 Å². The van der Waals surface area contributed by atoms with Crippen LogP contribution >= 0.6 is 0 Å². The van der Waals surface area contributed by atoms with E-state index in [0.717, 1.165) is 47.0 Å². The number of benzene rings is 1. The summed E-state index contributed by atoms with van der Waals surface area (Å²) in [7, 11) is 0. The zero-order chi connectivity index (χ0) is 19.3. The summed E-state index contributed by atoms with van der Waals surface area (Å²) in [6.07, 6.45) is 7.38. The van der Waals surface area contributed by atoms with Crippen LogP contribution in [0, 0.1) is 5.92 Å². The Balaban J connectivity index is 1.51. The molecule has 144 valence electrons. The van der Waals surface area contributed by atoms with E-state index in [-0.39, 0.29) is 11.3 Å². The molecule has 0 radical (unpaired) electrons. The van der Waals surface area contributed by atoms with Crippen LogP contribution in [0.2, 0.25) is 0 Å². The molecule has 1 fully saturated rings. The van der Waals surface area contributed by atoms with Crippen molar-refractivity contribution in [3.8, 4) is 0 Å². The van der Waals surface area contributed by atoms with Crippen LogP contribution in [-0.4, -0.2) is 24.0 Å². The molecule has 4 heteroatoms. The summed E-state index contributed by atoms with van der Waals surface area (Å²) >= 11 is 0. The highest BCUT2D eigenvalue weighted by Gasteiger charge is 2.32. The Hall–Kier alpha value is -2.62. The molecule has 0 spiro atoms. The number of nitrogens with one attached hydrogen (secondary N) is 2. The third-order valence-electron chi connectivity index (χ3n) is 6.54. The average Bonchev–Trinajstić information content (AvgIpc) is 2.67. The zero-order valence-electron chi connectivity index (χ0n) is 16.6. The standard InChI is InChI=1S/C24H27N3O/c1-24(2)14-26-23(28)20-8-6-16(13-21(20)24)18-10-11-25-22-19(18)9-7-17(27-22)12-15-4-3-5-15/h6-10,13,15H,3-5,11-12,14H2,1-2H3,(H,25,27)(H,26,28). The highest BCUT2D eigenvalue weighted by atomic mass is 16.1. The zero-order valence-corrected chi connectivity index (χ0v) is 16.6. The minimum atomic E-state index is -0.0690. The van der Waals surface area contributed by atoms with Crippen LogP contribution in [-0.2, 0) is 11.8 Å². The Bertz CT molecular complexity index is 985. The first-order valence-corrected chi connectivity index (χ1v) is 10.4. The Morgan fingerprint density at radius 3 is 2.71 bits per heavy atom. The Kier molecular flexibility index (Phi) is 4.04. The molecule has 1 aromatic carbocycles. The number of anilines is 1. The first-order valence-electron chi connectivity index (χ1n) is 10.4. The van der Waals surface area contributed by atoms with Gasteiger partial charge in [0.1, 0.15) is 5.82 Å². The van der Waals surface area contributed by atoms with Crippen molar-refractivity contribution in [2.75, 3.05) is 18.4 Å². The predicted molar refractivity (Wildman–Crippen MR) is 113 cm³/mol. The summed E-state index contributed by atoms with van der Waals surface area (Å²) in [6, 6.07) is 10.7. The van der Waals surface area contributed by atoms with Crippen LogP contribution in [0.5, 0.6) is 0 Å². The highest BCUT2D eigenvalue weighted by molar-refractivity contribution is 5.98. The molecule has 2 aromatic rings. The van der Waals surface area contributed by atoms with Crippen molar-refractivity contribution in [3.63, 3.8) is 0 Å². The van der Waals surface area contributed by atoms with Crippen molar-refractivity contribution in [1.29, 1.82) is 0 Å². The Morgan fingerprint density at radius 2 is 1.93 bits per heavy atom. The monoisotopic (exact) mass is 373 g/mol. The number of aromatic nitrogens is 1. The molecule has 4 nitrogen and oxygen atoms in total. The molecule has 3 heterocycles. The quantitative estimate of drug-likeness (QED) is 0.843. The number of nitrogens with zero attached hydrogens (tertiary/aromatic N) is 1. The molecule has 2 N–H and O–H groups in total. The van der Waals surface area contributed by atoms with Gasteiger partial charge in [0, 0.05) is 35.3 Å². The minimum Gasteiger partial charge on any atom is -0.366 e. The molecule has 1 aromatic heterocycles. The maximum Gasteiger partial charge on any atom is 0.251 e. The van der Waals surface area contributed by atoms with Crippen molar-refractivity contribution in [2.45, 2.75) is 44.9 Å². The predicted octanol–water partition coefficient (Wildman–Crippen LogP) is 4.30. The molecule has 1 aliphatic carbocycles. The average molecular weight is 374 g/mol. The Labute approximate surface area is 166 Å². The molecular weight excluding hydrogens is 346 g/mol. The lowest BCUT2D eigenvalue weighted by Gasteiger charge is -2.33. The van der Waals surface area contributed by atoms with E-state index < -0.39 is 0 Å². The van der Waals surface area contributed by atoms with Crippen molar-refractivity contribution in [3.05, 3.63) is 64.4 Å². The van der Waals surface area contributed by atoms with Crippen molar-refractivity contribution < 1.29 is 4.79 Å². The lowest BCUT2D eigenvalue weighted by Crippen LogP contribution is -2.43. The van der Waals surface area contributed by atoms with Crippen LogP contribution in [0.4, 0.5) is 5.82 Å². The minimum absolute atomic E-state index is 0.0304. The second-order valence-electron chi connectivity index (χ2n) is 9.03. The molecule has 0 bridgehead atoms. The normalized spacial score (nSPS) is 20.2. The summed E-state index contributed by atoms with van der Waals surface area (Å²) in [4.78, 5) is 17.2. The fraction of sp³-hybridized carbons (Fsp3) is 0.417. The Morgan fingerprint density at radius 1 is 1.11 bits per heavy atom. The van der Waals surface area contributed by atoms with E-state index in [1.807, 2.05) is 6.07 Å². The van der Waals surface area contributed by atoms with Crippen LogP contribution in [0.3, 0.4) is 0 Å². The lowest BCUT2D eigenvalue weighted by molar-refractivity contribution is 0.0930. The third-order valence-corrected chi connectivity index (χ3v) is 6.54. The summed E-state index contributed by atoms with van der Waals surface area (Å²) in [5.74, 6) is 1.84. The van der Waals surface area contributed by atoms with Gasteiger partial charge in [0.15, 0.2) is 0 Å². The van der Waals surface area contributed by atoms with Crippen molar-refractivity contribution in [1.82, 2.24) is 10.3 Å². The van der Waals surface area contributed by atoms with Gasteiger partial charge in [-0.1, -0.05) is 45.3 Å². The molecule has 5 rings (SSSR count). The largest absolute Gasteiger partial charge is 0.366 e. The molecule has 28 heavy (non-hydrogen) atoms. The SMILES string of the molecule is CC1(C)CNC(=O)c2ccc(C3=CCNc4nc(CC5CCC5)ccc43)cc21. The van der Waals surface area contributed by atoms with Gasteiger partial charge in [-0.2, -0.15) is 0 Å². The number of hydrogen-bond donors (Lipinski definition) is 2. The number of hydrogen-bond acceptors (Lipinski definition) is 3. The van der Waals surface area contributed by atoms with Crippen molar-refractivity contribution in [2.24, 2.45) is 5.92 Å². The number of pyridine rings is 1. The van der Waals surface area contributed by atoms with Crippen LogP contribution < -0.4 is 10.6 Å². The van der Waals surface area contributed by atoms with E-state index in [1.54, 1.807) is 0 Å². The van der Waals surface area contributed by atoms with E-state index in [4.69, 9.17) is 4.98 Å². The molecule has 3 aliphatic rings. The van der Waals surface area contributed by atoms with Crippen LogP contribution in [0.25, 0.3) is 5.57 Å². The van der Waals surface area contributed by atoms with Crippen LogP contribution in [0.1, 0.15) is 65.9 Å². The van der Waals surface area contributed by atoms with Gasteiger partial charge in [-0.05, 0) is 53.3 Å². The van der Waals surface area contributed by atoms with Gasteiger partial charge in [-0.3, -0.25) is 4.79 Å². The first-order chi connectivity index (χ1) is 13.5. The summed E-state index contributed by atoms with van der Waals surface area (Å²) in [6.45, 7) is 5.83. The highest BCUT2D eigenvalue weighted by Crippen LogP contribution is 2.37. The molecule has 0 unspecified atom stereocenters. The van der Waals surface area contributed by atoms with Crippen LogP contribution in [0.15, 0.2) is 36.4 Å². The third kappa shape index (κ3) is 2.92.